The molecule has 0 aromatic carbocycles. The molecule has 1 aliphatic rings. The summed E-state index contributed by atoms with van der Waals surface area (Å²) in [5.41, 5.74) is 1.98. The third kappa shape index (κ3) is 1.20. The van der Waals surface area contributed by atoms with Crippen molar-refractivity contribution in [1.82, 2.24) is 0 Å². The van der Waals surface area contributed by atoms with Gasteiger partial charge in [-0.15, -0.1) is 0 Å². The summed E-state index contributed by atoms with van der Waals surface area (Å²) in [7, 11) is 0. The first-order valence-corrected chi connectivity index (χ1v) is 3.12. The van der Waals surface area contributed by atoms with E-state index in [1.807, 2.05) is 13.0 Å². The second-order valence-electron chi connectivity index (χ2n) is 2.19. The fourth-order valence-corrected chi connectivity index (χ4v) is 0.932. The maximum absolute atomic E-state index is 8.50. The maximum Gasteiger partial charge on any atom is 0.0990 e. The van der Waals surface area contributed by atoms with Crippen molar-refractivity contribution >= 4 is 0 Å². The molecule has 0 N–H and O–H groups in total. The highest BCUT2D eigenvalue weighted by Gasteiger charge is 2.00. The molecule has 0 bridgehead atoms. The highest BCUT2D eigenvalue weighted by Crippen LogP contribution is 2.16. The normalized spacial score (nSPS) is 17.8. The van der Waals surface area contributed by atoms with E-state index >= 15 is 0 Å². The van der Waals surface area contributed by atoms with Crippen molar-refractivity contribution in [3.05, 3.63) is 23.3 Å². The molecule has 0 aromatic heterocycles. The largest absolute Gasteiger partial charge is 0.192 e. The van der Waals surface area contributed by atoms with Gasteiger partial charge in [-0.05, 0) is 25.3 Å². The van der Waals surface area contributed by atoms with E-state index in [1.165, 1.54) is 0 Å². The van der Waals surface area contributed by atoms with Crippen LogP contribution in [0.4, 0.5) is 0 Å². The van der Waals surface area contributed by atoms with Crippen molar-refractivity contribution in [3.63, 3.8) is 0 Å². The van der Waals surface area contributed by atoms with Crippen molar-refractivity contribution in [3.8, 4) is 6.07 Å². The summed E-state index contributed by atoms with van der Waals surface area (Å²) < 4.78 is 0. The SMILES string of the molecule is CC1=CCCC=C1C#N. The predicted octanol–water partition coefficient (Wildman–Crippen LogP) is 2.18. The lowest BCUT2D eigenvalue weighted by Crippen LogP contribution is -1.87. The molecular weight excluding hydrogens is 110 g/mol. The molecule has 1 aliphatic carbocycles. The minimum atomic E-state index is 0.848. The fraction of sp³-hybridized carbons (Fsp3) is 0.375. The molecule has 0 heterocycles. The van der Waals surface area contributed by atoms with Gasteiger partial charge in [0.15, 0.2) is 0 Å². The Morgan fingerprint density at radius 2 is 2.11 bits per heavy atom. The zero-order chi connectivity index (χ0) is 6.69. The molecule has 1 rings (SSSR count). The smallest absolute Gasteiger partial charge is 0.0990 e. The molecule has 0 amide bonds. The van der Waals surface area contributed by atoms with Crippen LogP contribution in [0.3, 0.4) is 0 Å². The van der Waals surface area contributed by atoms with Crippen LogP contribution in [0.2, 0.25) is 0 Å². The molecule has 0 fully saturated rings. The molecule has 46 valence electrons. The Kier molecular flexibility index (Phi) is 1.69. The van der Waals surface area contributed by atoms with Crippen molar-refractivity contribution in [2.45, 2.75) is 19.8 Å². The van der Waals surface area contributed by atoms with E-state index in [0.717, 1.165) is 24.0 Å². The van der Waals surface area contributed by atoms with Crippen LogP contribution in [0.25, 0.3) is 0 Å². The number of hydrogen-bond donors (Lipinski definition) is 0. The second kappa shape index (κ2) is 2.50. The van der Waals surface area contributed by atoms with Crippen molar-refractivity contribution in [2.24, 2.45) is 0 Å². The Balaban J connectivity index is 2.83. The van der Waals surface area contributed by atoms with Gasteiger partial charge in [-0.1, -0.05) is 12.2 Å². The summed E-state index contributed by atoms with van der Waals surface area (Å²) in [6.45, 7) is 1.98. The predicted molar refractivity (Wildman–Crippen MR) is 36.7 cm³/mol. The lowest BCUT2D eigenvalue weighted by molar-refractivity contribution is 1.00. The number of nitrogens with zero attached hydrogens (tertiary/aromatic N) is 1. The van der Waals surface area contributed by atoms with E-state index in [-0.39, 0.29) is 0 Å². The van der Waals surface area contributed by atoms with Gasteiger partial charge in [0, 0.05) is 0 Å². The molecule has 0 atom stereocenters. The molecule has 0 aliphatic heterocycles. The van der Waals surface area contributed by atoms with Gasteiger partial charge in [0.05, 0.1) is 11.6 Å². The second-order valence-corrected chi connectivity index (χ2v) is 2.19. The molecule has 0 saturated heterocycles. The van der Waals surface area contributed by atoms with E-state index < -0.39 is 0 Å². The quantitative estimate of drug-likeness (QED) is 0.479. The topological polar surface area (TPSA) is 23.8 Å². The molecule has 0 unspecified atom stereocenters. The first-order chi connectivity index (χ1) is 4.34. The summed E-state index contributed by atoms with van der Waals surface area (Å²) in [5, 5.41) is 8.50. The van der Waals surface area contributed by atoms with E-state index in [2.05, 4.69) is 12.1 Å². The van der Waals surface area contributed by atoms with E-state index in [4.69, 9.17) is 5.26 Å². The van der Waals surface area contributed by atoms with Gasteiger partial charge in [-0.25, -0.2) is 0 Å². The lowest BCUT2D eigenvalue weighted by atomic mass is 10.0. The summed E-state index contributed by atoms with van der Waals surface area (Å²) >= 11 is 0. The van der Waals surface area contributed by atoms with Crippen molar-refractivity contribution < 1.29 is 0 Å². The highest BCUT2D eigenvalue weighted by atomic mass is 14.2. The van der Waals surface area contributed by atoms with E-state index in [1.54, 1.807) is 0 Å². The van der Waals surface area contributed by atoms with Crippen LogP contribution in [0.15, 0.2) is 23.3 Å². The van der Waals surface area contributed by atoms with Gasteiger partial charge in [0.1, 0.15) is 0 Å². The zero-order valence-electron chi connectivity index (χ0n) is 5.52. The van der Waals surface area contributed by atoms with E-state index in [0.29, 0.717) is 0 Å². The summed E-state index contributed by atoms with van der Waals surface area (Å²) in [6, 6.07) is 2.15. The highest BCUT2D eigenvalue weighted by molar-refractivity contribution is 5.42. The zero-order valence-corrected chi connectivity index (χ0v) is 5.52. The van der Waals surface area contributed by atoms with Crippen LogP contribution < -0.4 is 0 Å². The molecule has 0 spiro atoms. The standard InChI is InChI=1S/C8H9N/c1-7-4-2-3-5-8(7)6-9/h4-5H,2-3H2,1H3. The minimum Gasteiger partial charge on any atom is -0.192 e. The minimum absolute atomic E-state index is 0.848. The third-order valence-electron chi connectivity index (χ3n) is 1.51. The van der Waals surface area contributed by atoms with Crippen LogP contribution in [0.1, 0.15) is 19.8 Å². The van der Waals surface area contributed by atoms with Crippen LogP contribution in [0.5, 0.6) is 0 Å². The van der Waals surface area contributed by atoms with Crippen molar-refractivity contribution in [1.29, 1.82) is 5.26 Å². The van der Waals surface area contributed by atoms with Gasteiger partial charge >= 0.3 is 0 Å². The van der Waals surface area contributed by atoms with Crippen molar-refractivity contribution in [2.75, 3.05) is 0 Å². The maximum atomic E-state index is 8.50. The lowest BCUT2D eigenvalue weighted by Gasteiger charge is -2.03. The Bertz CT molecular complexity index is 203. The van der Waals surface area contributed by atoms with Gasteiger partial charge < -0.3 is 0 Å². The van der Waals surface area contributed by atoms with Crippen LogP contribution in [0, 0.1) is 11.3 Å². The molecule has 0 aromatic rings. The Morgan fingerprint density at radius 3 is 2.56 bits per heavy atom. The fourth-order valence-electron chi connectivity index (χ4n) is 0.932. The van der Waals surface area contributed by atoms with Gasteiger partial charge in [0.2, 0.25) is 0 Å². The van der Waals surface area contributed by atoms with Gasteiger partial charge in [0.25, 0.3) is 0 Å². The summed E-state index contributed by atoms with van der Waals surface area (Å²) in [5.74, 6) is 0. The monoisotopic (exact) mass is 119 g/mol. The number of hydrogen-bond acceptors (Lipinski definition) is 1. The molecule has 0 saturated carbocycles. The molecule has 1 nitrogen and oxygen atoms in total. The molecular formula is C8H9N. The Hall–Kier alpha value is -1.03. The summed E-state index contributed by atoms with van der Waals surface area (Å²) in [4.78, 5) is 0. The third-order valence-corrected chi connectivity index (χ3v) is 1.51. The average Bonchev–Trinajstić information content (AvgIpc) is 1.89. The van der Waals surface area contributed by atoms with Gasteiger partial charge in [-0.3, -0.25) is 0 Å². The first-order valence-electron chi connectivity index (χ1n) is 3.12. The number of nitriles is 1. The van der Waals surface area contributed by atoms with E-state index in [9.17, 15) is 0 Å². The number of rotatable bonds is 0. The molecule has 9 heavy (non-hydrogen) atoms. The Labute approximate surface area is 55.3 Å². The van der Waals surface area contributed by atoms with Gasteiger partial charge in [-0.2, -0.15) is 5.26 Å². The molecule has 1 heteroatoms. The van der Waals surface area contributed by atoms with Crippen LogP contribution in [-0.2, 0) is 0 Å². The number of allylic oxidation sites excluding steroid dienone is 4. The molecule has 0 radical (unpaired) electrons. The average molecular weight is 119 g/mol. The first kappa shape index (κ1) is 6.10. The Morgan fingerprint density at radius 1 is 1.44 bits per heavy atom. The van der Waals surface area contributed by atoms with Crippen LogP contribution >= 0.6 is 0 Å². The van der Waals surface area contributed by atoms with Crippen LogP contribution in [-0.4, -0.2) is 0 Å². The summed E-state index contributed by atoms with van der Waals surface area (Å²) in [6.07, 6.45) is 6.23.